The van der Waals surface area contributed by atoms with Crippen LogP contribution in [0.3, 0.4) is 0 Å². The second-order valence-electron chi connectivity index (χ2n) is 7.14. The molecule has 4 rings (SSSR count). The quantitative estimate of drug-likeness (QED) is 0.339. The molecule has 2 aliphatic heterocycles. The first kappa shape index (κ1) is 24.0. The summed E-state index contributed by atoms with van der Waals surface area (Å²) in [6, 6.07) is 13.1. The molecule has 2 heterocycles. The molecule has 2 aromatic rings. The molecule has 34 heavy (non-hydrogen) atoms. The van der Waals surface area contributed by atoms with Gasteiger partial charge >= 0.3 is 0 Å². The number of carbonyl (C=O) groups is 1. The number of ether oxygens (including phenoxy) is 3. The molecule has 1 N–H and O–H groups in total. The van der Waals surface area contributed by atoms with Crippen LogP contribution in [0.1, 0.15) is 25.8 Å². The number of hydrogen-bond acceptors (Lipinski definition) is 7. The average Bonchev–Trinajstić information content (AvgIpc) is 3.25. The summed E-state index contributed by atoms with van der Waals surface area (Å²) < 4.78 is 18.1. The summed E-state index contributed by atoms with van der Waals surface area (Å²) in [6.45, 7) is 4.97. The number of para-hydroxylation sites is 1. The number of hydrazone groups is 1. The van der Waals surface area contributed by atoms with Crippen LogP contribution >= 0.6 is 27.7 Å². The molecule has 0 radical (unpaired) electrons. The molecular formula is C24H23BrN4O4S. The van der Waals surface area contributed by atoms with Crippen molar-refractivity contribution in [2.24, 2.45) is 10.1 Å². The SMILES string of the molecule is CCOc1cc(C=C2C(=N)N3N=C(CC)SC3=NC2=O)cc(Br)c1OCCOc1ccccc1. The summed E-state index contributed by atoms with van der Waals surface area (Å²) in [6.07, 6.45) is 2.33. The highest BCUT2D eigenvalue weighted by Gasteiger charge is 2.35. The largest absolute Gasteiger partial charge is 0.490 e. The molecule has 2 aliphatic rings. The van der Waals surface area contributed by atoms with Crippen LogP contribution in [-0.2, 0) is 4.79 Å². The predicted octanol–water partition coefficient (Wildman–Crippen LogP) is 5.33. The number of thioether (sulfide) groups is 1. The van der Waals surface area contributed by atoms with Crippen molar-refractivity contribution in [1.29, 1.82) is 5.41 Å². The Kier molecular flexibility index (Phi) is 7.69. The Balaban J connectivity index is 1.53. The van der Waals surface area contributed by atoms with Gasteiger partial charge in [0.05, 0.1) is 16.7 Å². The summed E-state index contributed by atoms with van der Waals surface area (Å²) in [5.41, 5.74) is 0.825. The number of aliphatic imine (C=N–C) groups is 1. The van der Waals surface area contributed by atoms with Crippen molar-refractivity contribution >= 4 is 55.7 Å². The van der Waals surface area contributed by atoms with Crippen molar-refractivity contribution in [3.63, 3.8) is 0 Å². The lowest BCUT2D eigenvalue weighted by molar-refractivity contribution is -0.114. The summed E-state index contributed by atoms with van der Waals surface area (Å²) in [4.78, 5) is 16.7. The number of nitrogens with one attached hydrogen (secondary N) is 1. The molecule has 0 aliphatic carbocycles. The molecule has 0 saturated carbocycles. The van der Waals surface area contributed by atoms with E-state index in [1.807, 2.05) is 50.2 Å². The number of hydrogen-bond donors (Lipinski definition) is 1. The molecule has 0 atom stereocenters. The fourth-order valence-corrected chi connectivity index (χ4v) is 4.63. The van der Waals surface area contributed by atoms with Crippen molar-refractivity contribution in [2.45, 2.75) is 20.3 Å². The lowest BCUT2D eigenvalue weighted by Gasteiger charge is -2.20. The van der Waals surface area contributed by atoms with Crippen LogP contribution in [0.15, 0.2) is 62.6 Å². The van der Waals surface area contributed by atoms with E-state index in [1.54, 1.807) is 12.1 Å². The van der Waals surface area contributed by atoms with E-state index in [2.05, 4.69) is 26.0 Å². The van der Waals surface area contributed by atoms with E-state index in [-0.39, 0.29) is 11.4 Å². The fourth-order valence-electron chi connectivity index (χ4n) is 3.24. The smallest absolute Gasteiger partial charge is 0.283 e. The zero-order valence-electron chi connectivity index (χ0n) is 18.7. The van der Waals surface area contributed by atoms with Gasteiger partial charge in [0, 0.05) is 0 Å². The zero-order valence-corrected chi connectivity index (χ0v) is 21.1. The highest BCUT2D eigenvalue weighted by atomic mass is 79.9. The summed E-state index contributed by atoms with van der Waals surface area (Å²) in [5, 5.41) is 15.5. The number of benzene rings is 2. The maximum atomic E-state index is 12.6. The topological polar surface area (TPSA) is 96.6 Å². The minimum atomic E-state index is -0.469. The number of fused-ring (bicyclic) bond motifs is 1. The molecule has 176 valence electrons. The van der Waals surface area contributed by atoms with Gasteiger partial charge in [-0.25, -0.2) is 0 Å². The van der Waals surface area contributed by atoms with Gasteiger partial charge in [-0.05, 0) is 76.9 Å². The highest BCUT2D eigenvalue weighted by Crippen LogP contribution is 2.38. The van der Waals surface area contributed by atoms with E-state index in [1.165, 1.54) is 16.8 Å². The van der Waals surface area contributed by atoms with Gasteiger partial charge in [0.1, 0.15) is 24.0 Å². The van der Waals surface area contributed by atoms with Gasteiger partial charge < -0.3 is 14.2 Å². The number of amides is 1. The van der Waals surface area contributed by atoms with Crippen LogP contribution in [0, 0.1) is 5.41 Å². The maximum absolute atomic E-state index is 12.6. The number of nitrogens with zero attached hydrogens (tertiary/aromatic N) is 3. The Bertz CT molecular complexity index is 1200. The molecule has 0 spiro atoms. The molecule has 0 unspecified atom stereocenters. The first-order valence-corrected chi connectivity index (χ1v) is 12.4. The van der Waals surface area contributed by atoms with Gasteiger partial charge in [-0.15, -0.1) is 0 Å². The minimum Gasteiger partial charge on any atom is -0.490 e. The number of rotatable bonds is 9. The van der Waals surface area contributed by atoms with Crippen molar-refractivity contribution in [2.75, 3.05) is 19.8 Å². The van der Waals surface area contributed by atoms with Gasteiger partial charge in [0.2, 0.25) is 5.17 Å². The first-order chi connectivity index (χ1) is 16.5. The van der Waals surface area contributed by atoms with Crippen LogP contribution < -0.4 is 14.2 Å². The molecule has 0 aromatic heterocycles. The van der Waals surface area contributed by atoms with Crippen LogP contribution in [0.5, 0.6) is 17.2 Å². The van der Waals surface area contributed by atoms with E-state index < -0.39 is 5.91 Å². The Labute approximate surface area is 210 Å². The van der Waals surface area contributed by atoms with E-state index >= 15 is 0 Å². The van der Waals surface area contributed by atoms with E-state index in [0.29, 0.717) is 52.9 Å². The summed E-state index contributed by atoms with van der Waals surface area (Å²) in [7, 11) is 0. The molecule has 0 saturated heterocycles. The van der Waals surface area contributed by atoms with Crippen molar-refractivity contribution in [1.82, 2.24) is 5.01 Å². The lowest BCUT2D eigenvalue weighted by Crippen LogP contribution is -2.35. The average molecular weight is 543 g/mol. The summed E-state index contributed by atoms with van der Waals surface area (Å²) in [5.74, 6) is 1.36. The molecule has 0 fully saturated rings. The lowest BCUT2D eigenvalue weighted by atomic mass is 10.1. The Morgan fingerprint density at radius 3 is 2.62 bits per heavy atom. The fraction of sp³-hybridized carbons (Fsp3) is 0.250. The molecule has 10 heteroatoms. The third kappa shape index (κ3) is 5.34. The second kappa shape index (κ2) is 10.9. The minimum absolute atomic E-state index is 0.00146. The predicted molar refractivity (Wildman–Crippen MR) is 138 cm³/mol. The van der Waals surface area contributed by atoms with Crippen LogP contribution in [0.4, 0.5) is 0 Å². The van der Waals surface area contributed by atoms with Gasteiger partial charge in [0.25, 0.3) is 5.91 Å². The monoisotopic (exact) mass is 542 g/mol. The Morgan fingerprint density at radius 1 is 1.12 bits per heavy atom. The van der Waals surface area contributed by atoms with Gasteiger partial charge in [-0.2, -0.15) is 15.1 Å². The third-order valence-corrected chi connectivity index (χ3v) is 6.42. The molecule has 0 bridgehead atoms. The van der Waals surface area contributed by atoms with Crippen LogP contribution in [0.2, 0.25) is 0 Å². The van der Waals surface area contributed by atoms with E-state index in [0.717, 1.165) is 10.8 Å². The van der Waals surface area contributed by atoms with Gasteiger partial charge in [0.15, 0.2) is 17.3 Å². The van der Waals surface area contributed by atoms with Crippen molar-refractivity contribution in [3.05, 3.63) is 58.1 Å². The van der Waals surface area contributed by atoms with Gasteiger partial charge in [-0.1, -0.05) is 25.1 Å². The third-order valence-electron chi connectivity index (χ3n) is 4.78. The van der Waals surface area contributed by atoms with Gasteiger partial charge in [-0.3, -0.25) is 10.2 Å². The number of halogens is 1. The molecule has 8 nitrogen and oxygen atoms in total. The first-order valence-electron chi connectivity index (χ1n) is 10.8. The van der Waals surface area contributed by atoms with Crippen LogP contribution in [0.25, 0.3) is 6.08 Å². The molecule has 1 amide bonds. The maximum Gasteiger partial charge on any atom is 0.283 e. The van der Waals surface area contributed by atoms with E-state index in [4.69, 9.17) is 19.6 Å². The van der Waals surface area contributed by atoms with Crippen molar-refractivity contribution < 1.29 is 19.0 Å². The van der Waals surface area contributed by atoms with Crippen molar-refractivity contribution in [3.8, 4) is 17.2 Å². The molecular weight excluding hydrogens is 520 g/mol. The molecule has 2 aromatic carbocycles. The number of amidine groups is 2. The highest BCUT2D eigenvalue weighted by molar-refractivity contribution is 9.10. The van der Waals surface area contributed by atoms with Crippen LogP contribution in [-0.4, -0.2) is 46.8 Å². The van der Waals surface area contributed by atoms with E-state index in [9.17, 15) is 4.79 Å². The second-order valence-corrected chi connectivity index (χ2v) is 9.04. The summed E-state index contributed by atoms with van der Waals surface area (Å²) >= 11 is 4.86. The zero-order chi connectivity index (χ0) is 24.1. The number of carbonyl (C=O) groups excluding carboxylic acids is 1. The normalized spacial score (nSPS) is 16.3. The Hall–Kier alpha value is -3.11. The standard InChI is InChI=1S/C24H23BrN4O4S/c1-3-20-28-29-22(26)17(23(30)27-24(29)34-20)12-15-13-18(25)21(19(14-15)31-4-2)33-11-10-32-16-8-6-5-7-9-16/h5-9,12-14,26H,3-4,10-11H2,1-2H3. The Morgan fingerprint density at radius 2 is 1.88 bits per heavy atom.